The van der Waals surface area contributed by atoms with Gasteiger partial charge in [-0.25, -0.2) is 0 Å². The fraction of sp³-hybridized carbons (Fsp3) is 0.200. The minimum Gasteiger partial charge on any atom is -0.494 e. The van der Waals surface area contributed by atoms with Crippen molar-refractivity contribution in [3.05, 3.63) is 70.9 Å². The first kappa shape index (κ1) is 19.5. The molecule has 0 bridgehead atoms. The van der Waals surface area contributed by atoms with Crippen molar-refractivity contribution in [1.82, 2.24) is 5.32 Å². The van der Waals surface area contributed by atoms with E-state index in [0.29, 0.717) is 18.2 Å². The maximum Gasteiger partial charge on any atom is 0.256 e. The zero-order chi connectivity index (χ0) is 18.9. The van der Waals surface area contributed by atoms with E-state index in [1.807, 2.05) is 6.92 Å². The number of benzene rings is 2. The summed E-state index contributed by atoms with van der Waals surface area (Å²) in [6, 6.07) is 13.9. The number of likely N-dealkylation sites (N-methyl/N-ethyl adjacent to an activating group) is 1. The van der Waals surface area contributed by atoms with Crippen LogP contribution < -0.4 is 15.4 Å². The van der Waals surface area contributed by atoms with Crippen molar-refractivity contribution >= 4 is 29.0 Å². The molecule has 136 valence electrons. The lowest BCUT2D eigenvalue weighted by Crippen LogP contribution is -2.29. The van der Waals surface area contributed by atoms with Gasteiger partial charge in [-0.1, -0.05) is 23.7 Å². The van der Waals surface area contributed by atoms with Crippen LogP contribution in [-0.2, 0) is 4.79 Å². The number of nitrogens with one attached hydrogen (secondary N) is 2. The summed E-state index contributed by atoms with van der Waals surface area (Å²) in [5.41, 5.74) is 0.983. The maximum absolute atomic E-state index is 12.8. The van der Waals surface area contributed by atoms with Gasteiger partial charge in [-0.2, -0.15) is 0 Å². The summed E-state index contributed by atoms with van der Waals surface area (Å²) in [6.45, 7) is 4.69. The molecule has 0 aliphatic heterocycles. The molecule has 0 unspecified atom stereocenters. The molecule has 5 nitrogen and oxygen atoms in total. The molecule has 0 atom stereocenters. The minimum absolute atomic E-state index is 0.0196. The molecule has 0 aromatic heterocycles. The van der Waals surface area contributed by atoms with Crippen molar-refractivity contribution in [2.24, 2.45) is 0 Å². The molecule has 2 N–H and O–H groups in total. The number of carbonyl (C=O) groups is 2. The lowest BCUT2D eigenvalue weighted by Gasteiger charge is -2.10. The molecule has 0 heterocycles. The molecule has 0 spiro atoms. The highest BCUT2D eigenvalue weighted by Crippen LogP contribution is 2.20. The Hall–Kier alpha value is -2.79. The van der Waals surface area contributed by atoms with Crippen molar-refractivity contribution < 1.29 is 14.3 Å². The second kappa shape index (κ2) is 9.63. The Bertz CT molecular complexity index is 801. The molecule has 6 heteroatoms. The van der Waals surface area contributed by atoms with Gasteiger partial charge >= 0.3 is 0 Å². The Kier molecular flexibility index (Phi) is 7.24. The van der Waals surface area contributed by atoms with Gasteiger partial charge < -0.3 is 15.4 Å². The highest BCUT2D eigenvalue weighted by Gasteiger charge is 2.21. The molecule has 0 saturated carbocycles. The predicted molar refractivity (Wildman–Crippen MR) is 104 cm³/mol. The molecule has 0 radical (unpaired) electrons. The van der Waals surface area contributed by atoms with Gasteiger partial charge in [0.1, 0.15) is 11.3 Å². The van der Waals surface area contributed by atoms with E-state index in [0.717, 1.165) is 11.4 Å². The molecule has 0 fully saturated rings. The molecule has 2 rings (SSSR count). The zero-order valence-corrected chi connectivity index (χ0v) is 15.5. The summed E-state index contributed by atoms with van der Waals surface area (Å²) in [5, 5.41) is 5.93. The molecule has 0 saturated heterocycles. The van der Waals surface area contributed by atoms with E-state index in [1.54, 1.807) is 55.5 Å². The molecule has 2 aromatic carbocycles. The number of anilines is 1. The Morgan fingerprint density at radius 2 is 1.77 bits per heavy atom. The lowest BCUT2D eigenvalue weighted by molar-refractivity contribution is -0.117. The number of hydrogen-bond donors (Lipinski definition) is 2. The Morgan fingerprint density at radius 3 is 2.38 bits per heavy atom. The van der Waals surface area contributed by atoms with E-state index in [4.69, 9.17) is 16.3 Å². The fourth-order valence-electron chi connectivity index (χ4n) is 2.25. The number of ketones is 1. The highest BCUT2D eigenvalue weighted by atomic mass is 35.5. The zero-order valence-electron chi connectivity index (χ0n) is 14.7. The van der Waals surface area contributed by atoms with Crippen LogP contribution in [-0.4, -0.2) is 24.8 Å². The van der Waals surface area contributed by atoms with Gasteiger partial charge in [0.25, 0.3) is 5.91 Å². The molecular weight excluding hydrogens is 352 g/mol. The van der Waals surface area contributed by atoms with Gasteiger partial charge in [-0.15, -0.1) is 0 Å². The van der Waals surface area contributed by atoms with Crippen LogP contribution in [0.25, 0.3) is 0 Å². The summed E-state index contributed by atoms with van der Waals surface area (Å²) in [7, 11) is 0. The van der Waals surface area contributed by atoms with E-state index >= 15 is 0 Å². The van der Waals surface area contributed by atoms with Crippen molar-refractivity contribution in [2.75, 3.05) is 18.5 Å². The third kappa shape index (κ3) is 5.10. The fourth-order valence-corrected chi connectivity index (χ4v) is 2.47. The second-order valence-corrected chi connectivity index (χ2v) is 5.74. The Balaban J connectivity index is 2.26. The smallest absolute Gasteiger partial charge is 0.256 e. The topological polar surface area (TPSA) is 67.4 Å². The van der Waals surface area contributed by atoms with E-state index in [-0.39, 0.29) is 11.1 Å². The van der Waals surface area contributed by atoms with Gasteiger partial charge in [-0.05, 0) is 50.2 Å². The van der Waals surface area contributed by atoms with Crippen molar-refractivity contribution in [3.8, 4) is 5.75 Å². The maximum atomic E-state index is 12.8. The van der Waals surface area contributed by atoms with Crippen LogP contribution in [0.3, 0.4) is 0 Å². The summed E-state index contributed by atoms with van der Waals surface area (Å²) < 4.78 is 5.39. The number of halogens is 1. The quantitative estimate of drug-likeness (QED) is 0.317. The molecule has 26 heavy (non-hydrogen) atoms. The van der Waals surface area contributed by atoms with Crippen LogP contribution in [0.15, 0.2) is 60.3 Å². The van der Waals surface area contributed by atoms with Gasteiger partial charge in [0.05, 0.1) is 11.6 Å². The molecule has 0 aliphatic rings. The Morgan fingerprint density at radius 1 is 1.08 bits per heavy atom. The van der Waals surface area contributed by atoms with Crippen molar-refractivity contribution in [2.45, 2.75) is 13.8 Å². The summed E-state index contributed by atoms with van der Waals surface area (Å²) in [5.74, 6) is -0.158. The number of Topliss-reactive ketones (excluding diaryl/α,β-unsaturated/α-hetero) is 1. The number of carbonyl (C=O) groups excluding carboxylic acids is 2. The first-order valence-electron chi connectivity index (χ1n) is 8.33. The SMILES string of the molecule is CCNC(=O)C(=CNc1ccc(OCC)cc1)C(=O)c1ccccc1Cl. The van der Waals surface area contributed by atoms with Crippen LogP contribution in [0.5, 0.6) is 5.75 Å². The minimum atomic E-state index is -0.462. The van der Waals surface area contributed by atoms with Crippen LogP contribution in [0.2, 0.25) is 5.02 Å². The third-order valence-electron chi connectivity index (χ3n) is 3.49. The average Bonchev–Trinajstić information content (AvgIpc) is 2.64. The summed E-state index contributed by atoms with van der Waals surface area (Å²) in [4.78, 5) is 25.1. The number of ether oxygens (including phenoxy) is 1. The number of hydrogen-bond acceptors (Lipinski definition) is 4. The standard InChI is InChI=1S/C20H21ClN2O3/c1-3-22-20(25)17(19(24)16-7-5-6-8-18(16)21)13-23-14-9-11-15(12-10-14)26-4-2/h5-13,23H,3-4H2,1-2H3,(H,22,25). The molecule has 2 aromatic rings. The first-order valence-corrected chi connectivity index (χ1v) is 8.71. The molecule has 1 amide bonds. The molecular formula is C20H21ClN2O3. The number of amides is 1. The predicted octanol–water partition coefficient (Wildman–Crippen LogP) is 4.05. The Labute approximate surface area is 158 Å². The normalized spacial score (nSPS) is 11.0. The largest absolute Gasteiger partial charge is 0.494 e. The van der Waals surface area contributed by atoms with Gasteiger partial charge in [0, 0.05) is 24.0 Å². The monoisotopic (exact) mass is 372 g/mol. The van der Waals surface area contributed by atoms with Crippen molar-refractivity contribution in [1.29, 1.82) is 0 Å². The van der Waals surface area contributed by atoms with E-state index < -0.39 is 11.7 Å². The lowest BCUT2D eigenvalue weighted by atomic mass is 10.0. The summed E-state index contributed by atoms with van der Waals surface area (Å²) in [6.07, 6.45) is 1.40. The van der Waals surface area contributed by atoms with Gasteiger partial charge in [0.2, 0.25) is 5.78 Å². The van der Waals surface area contributed by atoms with E-state index in [1.165, 1.54) is 6.20 Å². The van der Waals surface area contributed by atoms with E-state index in [9.17, 15) is 9.59 Å². The highest BCUT2D eigenvalue weighted by molar-refractivity contribution is 6.37. The second-order valence-electron chi connectivity index (χ2n) is 5.33. The van der Waals surface area contributed by atoms with E-state index in [2.05, 4.69) is 10.6 Å². The van der Waals surface area contributed by atoms with Crippen LogP contribution in [0.4, 0.5) is 5.69 Å². The van der Waals surface area contributed by atoms with Crippen LogP contribution in [0.1, 0.15) is 24.2 Å². The van der Waals surface area contributed by atoms with Crippen LogP contribution in [0, 0.1) is 0 Å². The van der Waals surface area contributed by atoms with Gasteiger partial charge in [0.15, 0.2) is 0 Å². The average molecular weight is 373 g/mol. The molecule has 0 aliphatic carbocycles. The first-order chi connectivity index (χ1) is 12.6. The number of rotatable bonds is 8. The van der Waals surface area contributed by atoms with Crippen molar-refractivity contribution in [3.63, 3.8) is 0 Å². The van der Waals surface area contributed by atoms with Crippen LogP contribution >= 0.6 is 11.6 Å². The third-order valence-corrected chi connectivity index (χ3v) is 3.82. The van der Waals surface area contributed by atoms with Gasteiger partial charge in [-0.3, -0.25) is 9.59 Å². The summed E-state index contributed by atoms with van der Waals surface area (Å²) >= 11 is 6.10.